The van der Waals surface area contributed by atoms with Crippen LogP contribution in [0.4, 0.5) is 18.9 Å². The summed E-state index contributed by atoms with van der Waals surface area (Å²) in [5.41, 5.74) is 5.73. The number of nitrogens with two attached hydrogens (primary N) is 1. The first-order chi connectivity index (χ1) is 9.23. The van der Waals surface area contributed by atoms with E-state index in [0.717, 1.165) is 25.9 Å². The van der Waals surface area contributed by atoms with Crippen LogP contribution in [0, 0.1) is 5.41 Å². The van der Waals surface area contributed by atoms with Gasteiger partial charge in [-0.25, -0.2) is 0 Å². The largest absolute Gasteiger partial charge is 0.416 e. The average Bonchev–Trinajstić information content (AvgIpc) is 2.35. The summed E-state index contributed by atoms with van der Waals surface area (Å²) >= 11 is 0. The Labute approximate surface area is 117 Å². The third-order valence-corrected chi connectivity index (χ3v) is 3.88. The number of halogens is 3. The molecule has 1 aliphatic rings. The lowest BCUT2D eigenvalue weighted by Crippen LogP contribution is -2.40. The van der Waals surface area contributed by atoms with Crippen molar-refractivity contribution in [2.75, 3.05) is 18.0 Å². The molecule has 1 saturated heterocycles. The van der Waals surface area contributed by atoms with Crippen molar-refractivity contribution in [1.82, 2.24) is 0 Å². The van der Waals surface area contributed by atoms with E-state index in [-0.39, 0.29) is 17.5 Å². The molecular formula is C15H21F3N2. The summed E-state index contributed by atoms with van der Waals surface area (Å²) in [5.74, 6) is 0. The van der Waals surface area contributed by atoms with Gasteiger partial charge in [-0.2, -0.15) is 13.2 Å². The Balaban J connectivity index is 2.34. The van der Waals surface area contributed by atoms with Crippen LogP contribution in [0.5, 0.6) is 0 Å². The summed E-state index contributed by atoms with van der Waals surface area (Å²) < 4.78 is 39.2. The van der Waals surface area contributed by atoms with Gasteiger partial charge in [0.2, 0.25) is 0 Å². The number of anilines is 1. The van der Waals surface area contributed by atoms with Crippen LogP contribution in [0.3, 0.4) is 0 Å². The lowest BCUT2D eigenvalue weighted by molar-refractivity contribution is -0.138. The highest BCUT2D eigenvalue weighted by molar-refractivity contribution is 5.52. The van der Waals surface area contributed by atoms with Gasteiger partial charge in [0, 0.05) is 25.3 Å². The van der Waals surface area contributed by atoms with Crippen LogP contribution in [0.15, 0.2) is 18.2 Å². The summed E-state index contributed by atoms with van der Waals surface area (Å²) in [6.45, 7) is 5.80. The zero-order chi connectivity index (χ0) is 15.0. The van der Waals surface area contributed by atoms with E-state index in [4.69, 9.17) is 5.73 Å². The van der Waals surface area contributed by atoms with Crippen LogP contribution >= 0.6 is 0 Å². The van der Waals surface area contributed by atoms with Crippen molar-refractivity contribution >= 4 is 5.69 Å². The number of rotatable bonds is 2. The molecule has 1 aliphatic heterocycles. The first-order valence-corrected chi connectivity index (χ1v) is 6.88. The minimum absolute atomic E-state index is 0.0966. The van der Waals surface area contributed by atoms with Crippen LogP contribution in [0.1, 0.15) is 37.8 Å². The van der Waals surface area contributed by atoms with Gasteiger partial charge in [-0.1, -0.05) is 19.9 Å². The maximum atomic E-state index is 13.1. The number of benzene rings is 1. The highest BCUT2D eigenvalue weighted by Crippen LogP contribution is 2.37. The lowest BCUT2D eigenvalue weighted by atomic mass is 9.84. The monoisotopic (exact) mass is 286 g/mol. The molecule has 0 unspecified atom stereocenters. The quantitative estimate of drug-likeness (QED) is 0.896. The van der Waals surface area contributed by atoms with Gasteiger partial charge in [0.1, 0.15) is 0 Å². The predicted octanol–water partition coefficient (Wildman–Crippen LogP) is 3.79. The fraction of sp³-hybridized carbons (Fsp3) is 0.600. The molecule has 0 atom stereocenters. The molecule has 0 amide bonds. The fourth-order valence-corrected chi connectivity index (χ4v) is 2.85. The van der Waals surface area contributed by atoms with Crippen molar-refractivity contribution in [3.63, 3.8) is 0 Å². The SMILES string of the molecule is CC1(C)CCCN(c2ccc(CN)c(C(F)(F)F)c2)C1. The second kappa shape index (κ2) is 5.28. The molecule has 1 aromatic rings. The molecular weight excluding hydrogens is 265 g/mol. The molecule has 0 bridgehead atoms. The maximum absolute atomic E-state index is 13.1. The molecule has 2 nitrogen and oxygen atoms in total. The Kier molecular flexibility index (Phi) is 4.00. The van der Waals surface area contributed by atoms with Crippen LogP contribution in [-0.2, 0) is 12.7 Å². The van der Waals surface area contributed by atoms with Crippen molar-refractivity contribution in [3.05, 3.63) is 29.3 Å². The van der Waals surface area contributed by atoms with Crippen molar-refractivity contribution in [3.8, 4) is 0 Å². The van der Waals surface area contributed by atoms with E-state index in [9.17, 15) is 13.2 Å². The van der Waals surface area contributed by atoms with Crippen LogP contribution in [-0.4, -0.2) is 13.1 Å². The van der Waals surface area contributed by atoms with Crippen LogP contribution < -0.4 is 10.6 Å². The summed E-state index contributed by atoms with van der Waals surface area (Å²) in [5, 5.41) is 0. The number of hydrogen-bond donors (Lipinski definition) is 1. The smallest absolute Gasteiger partial charge is 0.371 e. The molecule has 2 rings (SSSR count). The molecule has 0 radical (unpaired) electrons. The highest BCUT2D eigenvalue weighted by Gasteiger charge is 2.34. The predicted molar refractivity (Wildman–Crippen MR) is 74.6 cm³/mol. The van der Waals surface area contributed by atoms with E-state index in [0.29, 0.717) is 5.69 Å². The number of piperidine rings is 1. The zero-order valence-electron chi connectivity index (χ0n) is 11.9. The zero-order valence-corrected chi connectivity index (χ0v) is 11.9. The van der Waals surface area contributed by atoms with Crippen LogP contribution in [0.2, 0.25) is 0 Å². The summed E-state index contributed by atoms with van der Waals surface area (Å²) in [4.78, 5) is 2.04. The van der Waals surface area contributed by atoms with Gasteiger partial charge in [-0.3, -0.25) is 0 Å². The van der Waals surface area contributed by atoms with E-state index in [1.54, 1.807) is 6.07 Å². The average molecular weight is 286 g/mol. The molecule has 0 saturated carbocycles. The summed E-state index contributed by atoms with van der Waals surface area (Å²) in [7, 11) is 0. The second-order valence-corrected chi connectivity index (χ2v) is 6.23. The fourth-order valence-electron chi connectivity index (χ4n) is 2.85. The van der Waals surface area contributed by atoms with E-state index in [1.165, 1.54) is 12.1 Å². The molecule has 0 spiro atoms. The van der Waals surface area contributed by atoms with Gasteiger partial charge in [0.05, 0.1) is 5.56 Å². The Hall–Kier alpha value is -1.23. The molecule has 0 aliphatic carbocycles. The first-order valence-electron chi connectivity index (χ1n) is 6.88. The Bertz CT molecular complexity index is 480. The minimum atomic E-state index is -4.35. The van der Waals surface area contributed by atoms with Crippen molar-refractivity contribution < 1.29 is 13.2 Å². The van der Waals surface area contributed by atoms with Crippen molar-refractivity contribution in [2.45, 2.75) is 39.4 Å². The number of hydrogen-bond acceptors (Lipinski definition) is 2. The molecule has 2 N–H and O–H groups in total. The standard InChI is InChI=1S/C15H21F3N2/c1-14(2)6-3-7-20(10-14)12-5-4-11(9-19)13(8-12)15(16,17)18/h4-5,8H,3,6-7,9-10,19H2,1-2H3. The molecule has 112 valence electrons. The third-order valence-electron chi connectivity index (χ3n) is 3.88. The van der Waals surface area contributed by atoms with Gasteiger partial charge in [0.25, 0.3) is 0 Å². The van der Waals surface area contributed by atoms with Crippen molar-refractivity contribution in [1.29, 1.82) is 0 Å². The van der Waals surface area contributed by atoms with Crippen LogP contribution in [0.25, 0.3) is 0 Å². The summed E-state index contributed by atoms with van der Waals surface area (Å²) in [6.07, 6.45) is -2.24. The molecule has 1 heterocycles. The van der Waals surface area contributed by atoms with Gasteiger partial charge >= 0.3 is 6.18 Å². The molecule has 20 heavy (non-hydrogen) atoms. The van der Waals surface area contributed by atoms with E-state index in [2.05, 4.69) is 13.8 Å². The molecule has 1 fully saturated rings. The molecule has 0 aromatic heterocycles. The third kappa shape index (κ3) is 3.26. The Morgan fingerprint density at radius 1 is 1.30 bits per heavy atom. The Morgan fingerprint density at radius 2 is 2.00 bits per heavy atom. The second-order valence-electron chi connectivity index (χ2n) is 6.23. The topological polar surface area (TPSA) is 29.3 Å². The Morgan fingerprint density at radius 3 is 2.55 bits per heavy atom. The maximum Gasteiger partial charge on any atom is 0.416 e. The van der Waals surface area contributed by atoms with Crippen molar-refractivity contribution in [2.24, 2.45) is 11.1 Å². The van der Waals surface area contributed by atoms with E-state index >= 15 is 0 Å². The summed E-state index contributed by atoms with van der Waals surface area (Å²) in [6, 6.07) is 4.49. The molecule has 5 heteroatoms. The highest BCUT2D eigenvalue weighted by atomic mass is 19.4. The van der Waals surface area contributed by atoms with E-state index in [1.807, 2.05) is 4.90 Å². The van der Waals surface area contributed by atoms with Gasteiger partial charge in [-0.15, -0.1) is 0 Å². The van der Waals surface area contributed by atoms with Gasteiger partial charge in [0.15, 0.2) is 0 Å². The lowest BCUT2D eigenvalue weighted by Gasteiger charge is -2.39. The normalized spacial score (nSPS) is 19.2. The molecule has 1 aromatic carbocycles. The first kappa shape index (κ1) is 15.2. The number of alkyl halides is 3. The van der Waals surface area contributed by atoms with Gasteiger partial charge in [-0.05, 0) is 36.0 Å². The van der Waals surface area contributed by atoms with Gasteiger partial charge < -0.3 is 10.6 Å². The number of nitrogens with zero attached hydrogens (tertiary/aromatic N) is 1. The van der Waals surface area contributed by atoms with E-state index < -0.39 is 11.7 Å². The minimum Gasteiger partial charge on any atom is -0.371 e.